The van der Waals surface area contributed by atoms with Crippen LogP contribution in [0.5, 0.6) is 0 Å². The molecule has 4 heteroatoms. The summed E-state index contributed by atoms with van der Waals surface area (Å²) in [5.41, 5.74) is 3.70. The van der Waals surface area contributed by atoms with E-state index in [0.29, 0.717) is 6.04 Å². The summed E-state index contributed by atoms with van der Waals surface area (Å²) in [6, 6.07) is 7.17. The van der Waals surface area contributed by atoms with Gasteiger partial charge < -0.3 is 15.4 Å². The zero-order valence-electron chi connectivity index (χ0n) is 15.0. The molecule has 23 heavy (non-hydrogen) atoms. The predicted octanol–water partition coefficient (Wildman–Crippen LogP) is 3.88. The van der Waals surface area contributed by atoms with E-state index in [0.717, 1.165) is 25.8 Å². The van der Waals surface area contributed by atoms with Gasteiger partial charge in [-0.1, -0.05) is 30.7 Å². The van der Waals surface area contributed by atoms with E-state index in [1.54, 1.807) is 0 Å². The number of benzene rings is 1. The monoisotopic (exact) mass is 318 g/mol. The fourth-order valence-corrected chi connectivity index (χ4v) is 2.99. The third-order valence-corrected chi connectivity index (χ3v) is 4.20. The molecular formula is C19H30N2O2. The van der Waals surface area contributed by atoms with E-state index in [9.17, 15) is 4.79 Å². The number of alkyl carbamates (subject to hydrolysis) is 1. The first kappa shape index (κ1) is 17.8. The first-order chi connectivity index (χ1) is 10.8. The Morgan fingerprint density at radius 2 is 2.13 bits per heavy atom. The first-order valence-corrected chi connectivity index (χ1v) is 8.61. The van der Waals surface area contributed by atoms with E-state index in [1.807, 2.05) is 20.8 Å². The number of fused-ring (bicyclic) bond motifs is 1. The van der Waals surface area contributed by atoms with Crippen molar-refractivity contribution in [3.63, 3.8) is 0 Å². The van der Waals surface area contributed by atoms with E-state index in [-0.39, 0.29) is 12.1 Å². The zero-order valence-corrected chi connectivity index (χ0v) is 15.0. The Bertz CT molecular complexity index is 549. The van der Waals surface area contributed by atoms with Crippen molar-refractivity contribution in [2.45, 2.75) is 71.6 Å². The molecule has 1 aliphatic carbocycles. The van der Waals surface area contributed by atoms with E-state index in [1.165, 1.54) is 16.7 Å². The largest absolute Gasteiger partial charge is 0.444 e. The molecule has 1 aromatic carbocycles. The Labute approximate surface area is 140 Å². The van der Waals surface area contributed by atoms with Crippen LogP contribution >= 0.6 is 0 Å². The van der Waals surface area contributed by atoms with Crippen LogP contribution in [0.3, 0.4) is 0 Å². The Morgan fingerprint density at radius 1 is 1.39 bits per heavy atom. The van der Waals surface area contributed by atoms with Gasteiger partial charge in [-0.2, -0.15) is 0 Å². The number of amides is 1. The maximum Gasteiger partial charge on any atom is 0.407 e. The number of rotatable bonds is 5. The number of ether oxygens (including phenoxy) is 1. The van der Waals surface area contributed by atoms with Gasteiger partial charge in [-0.3, -0.25) is 0 Å². The van der Waals surface area contributed by atoms with Gasteiger partial charge in [0.1, 0.15) is 5.60 Å². The number of carbonyl (C=O) groups excluding carboxylic acids is 1. The Balaban J connectivity index is 1.87. The van der Waals surface area contributed by atoms with E-state index < -0.39 is 5.60 Å². The Hall–Kier alpha value is -1.55. The average Bonchev–Trinajstić information content (AvgIpc) is 2.83. The molecule has 0 heterocycles. The van der Waals surface area contributed by atoms with Gasteiger partial charge in [-0.05, 0) is 58.1 Å². The molecule has 2 unspecified atom stereocenters. The van der Waals surface area contributed by atoms with E-state index in [4.69, 9.17) is 4.74 Å². The quantitative estimate of drug-likeness (QED) is 0.866. The van der Waals surface area contributed by atoms with Gasteiger partial charge in [-0.15, -0.1) is 0 Å². The lowest BCUT2D eigenvalue weighted by molar-refractivity contribution is 0.0502. The van der Waals surface area contributed by atoms with Gasteiger partial charge in [-0.25, -0.2) is 4.79 Å². The van der Waals surface area contributed by atoms with Gasteiger partial charge in [0.25, 0.3) is 0 Å². The molecular weight excluding hydrogens is 288 g/mol. The van der Waals surface area contributed by atoms with Crippen molar-refractivity contribution in [1.29, 1.82) is 0 Å². The van der Waals surface area contributed by atoms with Crippen LogP contribution in [-0.2, 0) is 11.2 Å². The van der Waals surface area contributed by atoms with Gasteiger partial charge in [0.2, 0.25) is 0 Å². The zero-order chi connectivity index (χ0) is 17.0. The topological polar surface area (TPSA) is 50.4 Å². The lowest BCUT2D eigenvalue weighted by atomic mass is 10.0. The molecule has 1 amide bonds. The summed E-state index contributed by atoms with van der Waals surface area (Å²) >= 11 is 0. The van der Waals surface area contributed by atoms with Crippen LogP contribution in [0, 0.1) is 6.92 Å². The summed E-state index contributed by atoms with van der Waals surface area (Å²) in [4.78, 5) is 11.9. The molecule has 0 aliphatic heterocycles. The SMILES string of the molecule is CCC(CNC1CCc2ccc(C)cc21)NC(=O)OC(C)(C)C. The summed E-state index contributed by atoms with van der Waals surface area (Å²) in [6.07, 6.45) is 2.79. The fraction of sp³-hybridized carbons (Fsp3) is 0.632. The highest BCUT2D eigenvalue weighted by molar-refractivity contribution is 5.68. The highest BCUT2D eigenvalue weighted by Gasteiger charge is 2.24. The third-order valence-electron chi connectivity index (χ3n) is 4.20. The maximum atomic E-state index is 11.9. The van der Waals surface area contributed by atoms with Crippen molar-refractivity contribution < 1.29 is 9.53 Å². The standard InChI is InChI=1S/C19H30N2O2/c1-6-15(21-18(22)23-19(3,4)5)12-20-17-10-9-14-8-7-13(2)11-16(14)17/h7-8,11,15,17,20H,6,9-10,12H2,1-5H3,(H,21,22). The molecule has 0 aromatic heterocycles. The number of hydrogen-bond donors (Lipinski definition) is 2. The Morgan fingerprint density at radius 3 is 2.78 bits per heavy atom. The lowest BCUT2D eigenvalue weighted by Gasteiger charge is -2.24. The van der Waals surface area contributed by atoms with E-state index >= 15 is 0 Å². The smallest absolute Gasteiger partial charge is 0.407 e. The number of nitrogens with one attached hydrogen (secondary N) is 2. The van der Waals surface area contributed by atoms with Crippen LogP contribution in [0.4, 0.5) is 4.79 Å². The lowest BCUT2D eigenvalue weighted by Crippen LogP contribution is -2.44. The van der Waals surface area contributed by atoms with Gasteiger partial charge in [0.05, 0.1) is 0 Å². The first-order valence-electron chi connectivity index (χ1n) is 8.61. The molecule has 0 saturated carbocycles. The summed E-state index contributed by atoms with van der Waals surface area (Å²) in [5, 5.41) is 6.57. The van der Waals surface area contributed by atoms with Crippen molar-refractivity contribution in [3.05, 3.63) is 34.9 Å². The molecule has 0 fully saturated rings. The molecule has 0 spiro atoms. The van der Waals surface area contributed by atoms with Crippen molar-refractivity contribution >= 4 is 6.09 Å². The maximum absolute atomic E-state index is 11.9. The molecule has 2 atom stereocenters. The van der Waals surface area contributed by atoms with Gasteiger partial charge in [0.15, 0.2) is 0 Å². The molecule has 0 saturated heterocycles. The second-order valence-electron chi connectivity index (χ2n) is 7.45. The van der Waals surface area contributed by atoms with Crippen LogP contribution in [0.2, 0.25) is 0 Å². The van der Waals surface area contributed by atoms with Crippen LogP contribution < -0.4 is 10.6 Å². The summed E-state index contributed by atoms with van der Waals surface area (Å²) in [6.45, 7) is 10.6. The summed E-state index contributed by atoms with van der Waals surface area (Å²) in [7, 11) is 0. The van der Waals surface area contributed by atoms with Crippen molar-refractivity contribution in [2.24, 2.45) is 0 Å². The van der Waals surface area contributed by atoms with E-state index in [2.05, 4.69) is 42.7 Å². The minimum absolute atomic E-state index is 0.0821. The molecule has 4 nitrogen and oxygen atoms in total. The number of carbonyl (C=O) groups is 1. The predicted molar refractivity (Wildman–Crippen MR) is 93.7 cm³/mol. The minimum Gasteiger partial charge on any atom is -0.444 e. The molecule has 0 bridgehead atoms. The molecule has 128 valence electrons. The molecule has 1 aromatic rings. The highest BCUT2D eigenvalue weighted by atomic mass is 16.6. The van der Waals surface area contributed by atoms with Crippen LogP contribution in [0.1, 0.15) is 63.3 Å². The molecule has 1 aliphatic rings. The minimum atomic E-state index is -0.461. The number of aryl methyl sites for hydroxylation is 2. The van der Waals surface area contributed by atoms with Crippen LogP contribution in [0.25, 0.3) is 0 Å². The molecule has 2 rings (SSSR count). The van der Waals surface area contributed by atoms with Crippen molar-refractivity contribution in [2.75, 3.05) is 6.54 Å². The third kappa shape index (κ3) is 5.24. The summed E-state index contributed by atoms with van der Waals surface area (Å²) in [5.74, 6) is 0. The van der Waals surface area contributed by atoms with Crippen LogP contribution in [-0.4, -0.2) is 24.3 Å². The highest BCUT2D eigenvalue weighted by Crippen LogP contribution is 2.31. The molecule has 2 N–H and O–H groups in total. The van der Waals surface area contributed by atoms with Gasteiger partial charge >= 0.3 is 6.09 Å². The average molecular weight is 318 g/mol. The second kappa shape index (κ2) is 7.35. The normalized spacial score (nSPS) is 18.4. The molecule has 0 radical (unpaired) electrons. The second-order valence-corrected chi connectivity index (χ2v) is 7.45. The number of hydrogen-bond acceptors (Lipinski definition) is 3. The van der Waals surface area contributed by atoms with Crippen molar-refractivity contribution in [3.8, 4) is 0 Å². The summed E-state index contributed by atoms with van der Waals surface area (Å²) < 4.78 is 5.34. The van der Waals surface area contributed by atoms with Crippen molar-refractivity contribution in [1.82, 2.24) is 10.6 Å². The van der Waals surface area contributed by atoms with Gasteiger partial charge in [0, 0.05) is 18.6 Å². The fourth-order valence-electron chi connectivity index (χ4n) is 2.99. The van der Waals surface area contributed by atoms with Crippen LogP contribution in [0.15, 0.2) is 18.2 Å². The Kier molecular flexibility index (Phi) is 5.69.